The maximum atomic E-state index is 13.8. The molecule has 3 aromatic heterocycles. The van der Waals surface area contributed by atoms with Gasteiger partial charge in [-0.2, -0.15) is 0 Å². The minimum atomic E-state index is -0.352. The lowest BCUT2D eigenvalue weighted by Crippen LogP contribution is -2.14. The zero-order valence-corrected chi connectivity index (χ0v) is 24.4. The molecule has 4 aromatic rings. The number of H-pyrrole nitrogens is 1. The van der Waals surface area contributed by atoms with Gasteiger partial charge in [0.15, 0.2) is 5.84 Å². The Morgan fingerprint density at radius 3 is 2.48 bits per heavy atom. The quantitative estimate of drug-likeness (QED) is 0.126. The Kier molecular flexibility index (Phi) is 14.5. The molecule has 5 rings (SSSR count). The Morgan fingerprint density at radius 1 is 1.27 bits per heavy atom. The number of halogens is 2. The fourth-order valence-corrected chi connectivity index (χ4v) is 4.68. The lowest BCUT2D eigenvalue weighted by Gasteiger charge is -2.19. The topological polar surface area (TPSA) is 142 Å². The van der Waals surface area contributed by atoms with E-state index in [2.05, 4.69) is 25.3 Å². The first kappa shape index (κ1) is 32.5. The number of aromatic nitrogens is 3. The molecule has 214 valence electrons. The van der Waals surface area contributed by atoms with Crippen LogP contribution in [0.2, 0.25) is 4.34 Å². The summed E-state index contributed by atoms with van der Waals surface area (Å²) in [4.78, 5) is 25.5. The van der Waals surface area contributed by atoms with Gasteiger partial charge in [-0.1, -0.05) is 43.0 Å². The molecule has 3 heterocycles. The van der Waals surface area contributed by atoms with Crippen molar-refractivity contribution >= 4 is 52.6 Å². The van der Waals surface area contributed by atoms with Crippen LogP contribution in [-0.2, 0) is 9.53 Å². The van der Waals surface area contributed by atoms with E-state index in [4.69, 9.17) is 32.3 Å². The number of fused-ring (bicyclic) bond motifs is 1. The first-order valence-electron chi connectivity index (χ1n) is 12.6. The van der Waals surface area contributed by atoms with Crippen LogP contribution >= 0.6 is 22.9 Å². The first-order chi connectivity index (χ1) is 19.3. The maximum Gasteiger partial charge on any atom is 0.206 e. The number of carbonyl (C=O) groups excluding carboxylic acids is 1. The number of nitrogens with one attached hydrogen (secondary N) is 3. The number of aliphatic imine (C=N–C) groups is 1. The monoisotopic (exact) mass is 587 g/mol. The van der Waals surface area contributed by atoms with Gasteiger partial charge in [-0.05, 0) is 50.1 Å². The lowest BCUT2D eigenvalue weighted by molar-refractivity contribution is -0.109. The molecule has 1 aliphatic rings. The Morgan fingerprint density at radius 2 is 1.98 bits per heavy atom. The molecule has 1 amide bonds. The molecule has 1 aromatic carbocycles. The number of hydrogen-bond donors (Lipinski definition) is 4. The van der Waals surface area contributed by atoms with Gasteiger partial charge < -0.3 is 20.8 Å². The summed E-state index contributed by atoms with van der Waals surface area (Å²) in [5.74, 6) is 0.196. The molecular weight excluding hydrogens is 553 g/mol. The van der Waals surface area contributed by atoms with Crippen LogP contribution in [0.25, 0.3) is 22.4 Å². The summed E-state index contributed by atoms with van der Waals surface area (Å²) in [5.41, 5.74) is 7.74. The number of aromatic amines is 1. The summed E-state index contributed by atoms with van der Waals surface area (Å²) in [6.07, 6.45) is 10.3. The number of aryl methyl sites for hydroxylation is 1. The molecule has 1 fully saturated rings. The van der Waals surface area contributed by atoms with E-state index in [1.54, 1.807) is 48.8 Å². The van der Waals surface area contributed by atoms with Crippen LogP contribution in [0, 0.1) is 18.2 Å². The molecule has 0 saturated heterocycles. The van der Waals surface area contributed by atoms with Crippen molar-refractivity contribution in [1.82, 2.24) is 20.3 Å². The standard InChI is InChI=1S/C14H11FN6.C7H14O.C5H5ClS.C2H5NO/c15-9-4-2-1-3-8(9)14-20-10-5-11(13(17)19-7-16)18-6-12(10)21-14;1-8-7-5-3-2-4-6-7;1-4-2-3-5(6)7-4;1-3-2-4/h1-7H,(H,20,21)(H3,16,17,19);7H,2-6H2,1H3;2-3H,1H3;2H,1H3,(H,3,4). The average molecular weight is 588 g/mol. The summed E-state index contributed by atoms with van der Waals surface area (Å²) < 4.78 is 19.8. The smallest absolute Gasteiger partial charge is 0.206 e. The molecule has 40 heavy (non-hydrogen) atoms. The minimum Gasteiger partial charge on any atom is -0.382 e. The number of thiophene rings is 1. The molecule has 12 heteroatoms. The number of imidazole rings is 1. The summed E-state index contributed by atoms with van der Waals surface area (Å²) >= 11 is 7.19. The van der Waals surface area contributed by atoms with Crippen molar-refractivity contribution in [3.8, 4) is 11.4 Å². The summed E-state index contributed by atoms with van der Waals surface area (Å²) in [5, 5.41) is 9.15. The molecule has 1 aliphatic carbocycles. The second-order valence-electron chi connectivity index (χ2n) is 8.55. The van der Waals surface area contributed by atoms with Crippen LogP contribution < -0.4 is 11.1 Å². The van der Waals surface area contributed by atoms with Crippen molar-refractivity contribution in [1.29, 1.82) is 5.41 Å². The summed E-state index contributed by atoms with van der Waals surface area (Å²) in [6.45, 7) is 2.04. The number of carbonyl (C=O) groups is 1. The van der Waals surface area contributed by atoms with Gasteiger partial charge in [0.25, 0.3) is 0 Å². The third kappa shape index (κ3) is 10.8. The fraction of sp³-hybridized carbons (Fsp3) is 0.321. The van der Waals surface area contributed by atoms with Crippen molar-refractivity contribution in [2.45, 2.75) is 45.1 Å². The van der Waals surface area contributed by atoms with Crippen molar-refractivity contribution < 1.29 is 13.9 Å². The lowest BCUT2D eigenvalue weighted by atomic mass is 9.98. The van der Waals surface area contributed by atoms with E-state index in [0.717, 1.165) is 10.7 Å². The molecular formula is C28H35ClFN7O2S. The Labute approximate surface area is 242 Å². The molecule has 0 spiro atoms. The molecule has 1 saturated carbocycles. The highest BCUT2D eigenvalue weighted by atomic mass is 35.5. The fourth-order valence-electron chi connectivity index (χ4n) is 3.67. The average Bonchev–Trinajstić information content (AvgIpc) is 3.58. The van der Waals surface area contributed by atoms with E-state index in [9.17, 15) is 4.39 Å². The summed E-state index contributed by atoms with van der Waals surface area (Å²) in [7, 11) is 3.38. The van der Waals surface area contributed by atoms with Gasteiger partial charge in [0.05, 0.1) is 33.2 Å². The number of amidine groups is 1. The number of amides is 1. The van der Waals surface area contributed by atoms with Gasteiger partial charge in [0.1, 0.15) is 23.7 Å². The normalized spacial score (nSPS) is 13.1. The number of pyridine rings is 1. The van der Waals surface area contributed by atoms with Crippen molar-refractivity contribution in [3.05, 3.63) is 69.4 Å². The van der Waals surface area contributed by atoms with E-state index in [0.29, 0.717) is 40.6 Å². The number of ether oxygens (including phenoxy) is 1. The largest absolute Gasteiger partial charge is 0.382 e. The number of benzene rings is 1. The third-order valence-corrected chi connectivity index (χ3v) is 6.82. The van der Waals surface area contributed by atoms with Gasteiger partial charge in [-0.25, -0.2) is 14.4 Å². The second kappa shape index (κ2) is 17.8. The van der Waals surface area contributed by atoms with Crippen molar-refractivity contribution in [3.63, 3.8) is 0 Å². The van der Waals surface area contributed by atoms with Crippen LogP contribution in [-0.4, -0.2) is 53.8 Å². The zero-order chi connectivity index (χ0) is 29.3. The van der Waals surface area contributed by atoms with Gasteiger partial charge >= 0.3 is 0 Å². The molecule has 0 bridgehead atoms. The van der Waals surface area contributed by atoms with E-state index < -0.39 is 0 Å². The zero-order valence-electron chi connectivity index (χ0n) is 22.8. The molecule has 0 aliphatic heterocycles. The van der Waals surface area contributed by atoms with Crippen LogP contribution in [0.4, 0.5) is 4.39 Å². The van der Waals surface area contributed by atoms with Crippen LogP contribution in [0.5, 0.6) is 0 Å². The number of rotatable bonds is 5. The SMILES string of the molecule is CNC=O.COC1CCCCC1.Cc1ccc(Cl)s1.N=CN=C(N)c1cc2nc(-c3ccccc3F)[nH]c2cn1. The van der Waals surface area contributed by atoms with Gasteiger partial charge in [-0.3, -0.25) is 15.2 Å². The van der Waals surface area contributed by atoms with Crippen molar-refractivity contribution in [2.75, 3.05) is 14.2 Å². The van der Waals surface area contributed by atoms with E-state index in [1.165, 1.54) is 43.0 Å². The van der Waals surface area contributed by atoms with Crippen LogP contribution in [0.3, 0.4) is 0 Å². The molecule has 0 unspecified atom stereocenters. The number of hydrogen-bond acceptors (Lipinski definition) is 6. The summed E-state index contributed by atoms with van der Waals surface area (Å²) in [6, 6.07) is 11.9. The van der Waals surface area contributed by atoms with Crippen LogP contribution in [0.1, 0.15) is 42.7 Å². The Bertz CT molecular complexity index is 1350. The second-order valence-corrected chi connectivity index (χ2v) is 10.5. The highest BCUT2D eigenvalue weighted by Crippen LogP contribution is 2.23. The molecule has 5 N–H and O–H groups in total. The highest BCUT2D eigenvalue weighted by Gasteiger charge is 2.12. The molecule has 9 nitrogen and oxygen atoms in total. The maximum absolute atomic E-state index is 13.8. The predicted molar refractivity (Wildman–Crippen MR) is 162 cm³/mol. The Hall–Kier alpha value is -3.67. The number of nitrogens with two attached hydrogens (primary N) is 1. The van der Waals surface area contributed by atoms with Gasteiger partial charge in [-0.15, -0.1) is 11.3 Å². The van der Waals surface area contributed by atoms with Gasteiger partial charge in [0.2, 0.25) is 6.41 Å². The first-order valence-corrected chi connectivity index (χ1v) is 13.8. The van der Waals surface area contributed by atoms with Crippen molar-refractivity contribution in [2.24, 2.45) is 10.7 Å². The third-order valence-electron chi connectivity index (χ3n) is 5.67. The predicted octanol–water partition coefficient (Wildman–Crippen LogP) is 6.11. The number of methoxy groups -OCH3 is 1. The number of nitrogens with zero attached hydrogens (tertiary/aromatic N) is 3. The Balaban J connectivity index is 0.000000240. The minimum absolute atomic E-state index is 0.127. The van der Waals surface area contributed by atoms with E-state index in [-0.39, 0.29) is 11.7 Å². The van der Waals surface area contributed by atoms with Gasteiger partial charge in [0, 0.05) is 19.0 Å². The van der Waals surface area contributed by atoms with E-state index >= 15 is 0 Å². The highest BCUT2D eigenvalue weighted by molar-refractivity contribution is 7.16. The molecule has 0 radical (unpaired) electrons. The molecule has 0 atom stereocenters. The van der Waals surface area contributed by atoms with E-state index in [1.807, 2.05) is 26.2 Å². The van der Waals surface area contributed by atoms with Crippen LogP contribution in [0.15, 0.2) is 53.7 Å².